The summed E-state index contributed by atoms with van der Waals surface area (Å²) in [6, 6.07) is 34.2. The first-order valence-electron chi connectivity index (χ1n) is 21.9. The van der Waals surface area contributed by atoms with Crippen molar-refractivity contribution in [3.63, 3.8) is 0 Å². The molecular weight excluding hydrogens is 819 g/mol. The molecule has 0 atom stereocenters. The maximum Gasteiger partial charge on any atom is 0.338 e. The number of carbonyl (C=O) groups excluding carboxylic acids is 1. The molecule has 2 fully saturated rings. The lowest BCUT2D eigenvalue weighted by atomic mass is 9.90. The van der Waals surface area contributed by atoms with Gasteiger partial charge in [0.2, 0.25) is 0 Å². The van der Waals surface area contributed by atoms with E-state index in [0.717, 1.165) is 63.4 Å². The van der Waals surface area contributed by atoms with Crippen molar-refractivity contribution in [2.45, 2.75) is 85.0 Å². The van der Waals surface area contributed by atoms with Crippen molar-refractivity contribution in [1.29, 1.82) is 0 Å². The standard InChI is InChI=1S/C27H30ClNO3.C25H26ClNO3/c1-3-31-27(30)21-10-7-11-23(16-21)29-19(2)12-14-25(29)24-17-22(28)13-15-26(24)32-18-20-8-5-4-6-9-20;1-17-10-12-23(27(17)21-9-5-8-19(14-21)25(28)29)22-15-20(26)11-13-24(22)30-16-18-6-3-2-4-7-18/h7,10-17,20H,3-6,8-9,18H2,1-2H3;5,8-15,18H,2-4,6-7,16H2,1H3,(H,28,29). The summed E-state index contributed by atoms with van der Waals surface area (Å²) in [6.07, 6.45) is 12.7. The van der Waals surface area contributed by atoms with Crippen LogP contribution in [0.4, 0.5) is 0 Å². The average molecular weight is 876 g/mol. The second kappa shape index (κ2) is 21.1. The monoisotopic (exact) mass is 874 g/mol. The Kier molecular flexibility index (Phi) is 15.2. The van der Waals surface area contributed by atoms with Crippen molar-refractivity contribution in [1.82, 2.24) is 9.13 Å². The number of benzene rings is 4. The highest BCUT2D eigenvalue weighted by Crippen LogP contribution is 2.38. The lowest BCUT2D eigenvalue weighted by Crippen LogP contribution is -2.15. The molecule has 8 rings (SSSR count). The predicted octanol–water partition coefficient (Wildman–Crippen LogP) is 14.0. The molecule has 324 valence electrons. The fourth-order valence-corrected chi connectivity index (χ4v) is 9.07. The second-order valence-corrected chi connectivity index (χ2v) is 17.3. The first-order chi connectivity index (χ1) is 30.1. The zero-order chi connectivity index (χ0) is 43.6. The SMILES string of the molecule is CCOC(=O)c1cccc(-n2c(C)ccc2-c2cc(Cl)ccc2OCC2CCCCC2)c1.Cc1ccc(-c2cc(Cl)ccc2OCC2CCCCC2)n1-c1cccc(C(=O)O)c1. The number of rotatable bonds is 13. The minimum Gasteiger partial charge on any atom is -0.493 e. The molecule has 2 aliphatic carbocycles. The Morgan fingerprint density at radius 1 is 0.597 bits per heavy atom. The molecule has 2 aliphatic rings. The van der Waals surface area contributed by atoms with Crippen LogP contribution in [0.5, 0.6) is 11.5 Å². The number of aromatic carboxylic acids is 1. The van der Waals surface area contributed by atoms with Gasteiger partial charge in [0.15, 0.2) is 0 Å². The van der Waals surface area contributed by atoms with Crippen molar-refractivity contribution in [3.8, 4) is 45.4 Å². The average Bonchev–Trinajstić information content (AvgIpc) is 3.88. The number of carboxylic acid groups (broad SMARTS) is 1. The summed E-state index contributed by atoms with van der Waals surface area (Å²) in [5.74, 6) is 1.59. The van der Waals surface area contributed by atoms with Gasteiger partial charge in [0, 0.05) is 43.9 Å². The van der Waals surface area contributed by atoms with Gasteiger partial charge in [-0.3, -0.25) is 0 Å². The van der Waals surface area contributed by atoms with Gasteiger partial charge in [-0.25, -0.2) is 9.59 Å². The number of halogens is 2. The molecule has 0 amide bonds. The molecule has 0 bridgehead atoms. The number of aryl methyl sites for hydroxylation is 2. The number of carboxylic acids is 1. The number of nitrogens with zero attached hydrogens (tertiary/aromatic N) is 2. The molecule has 2 aromatic heterocycles. The molecule has 2 heterocycles. The Morgan fingerprint density at radius 2 is 1.05 bits per heavy atom. The molecule has 0 radical (unpaired) electrons. The molecule has 10 heteroatoms. The number of hydrogen-bond donors (Lipinski definition) is 1. The van der Waals surface area contributed by atoms with Crippen molar-refractivity contribution in [2.75, 3.05) is 19.8 Å². The lowest BCUT2D eigenvalue weighted by Gasteiger charge is -2.23. The highest BCUT2D eigenvalue weighted by molar-refractivity contribution is 6.31. The molecule has 8 nitrogen and oxygen atoms in total. The van der Waals surface area contributed by atoms with Gasteiger partial charge in [0.05, 0.1) is 42.3 Å². The first-order valence-corrected chi connectivity index (χ1v) is 22.7. The summed E-state index contributed by atoms with van der Waals surface area (Å²) in [6.45, 7) is 7.65. The van der Waals surface area contributed by atoms with Crippen molar-refractivity contribution < 1.29 is 28.9 Å². The van der Waals surface area contributed by atoms with Crippen LogP contribution in [-0.2, 0) is 4.74 Å². The van der Waals surface area contributed by atoms with Crippen LogP contribution >= 0.6 is 23.2 Å². The Labute approximate surface area is 375 Å². The Bertz CT molecular complexity index is 2480. The van der Waals surface area contributed by atoms with Crippen molar-refractivity contribution in [2.24, 2.45) is 11.8 Å². The molecule has 2 saturated carbocycles. The molecular formula is C52H56Cl2N2O6. The van der Waals surface area contributed by atoms with Gasteiger partial charge in [-0.1, -0.05) is 73.9 Å². The molecule has 0 saturated heterocycles. The van der Waals surface area contributed by atoms with Crippen LogP contribution in [0.1, 0.15) is 103 Å². The maximum absolute atomic E-state index is 12.3. The fraction of sp³-hybridized carbons (Fsp3) is 0.346. The number of carbonyl (C=O) groups is 2. The van der Waals surface area contributed by atoms with Crippen molar-refractivity contribution in [3.05, 3.63) is 142 Å². The minimum atomic E-state index is -0.942. The molecule has 4 aromatic carbocycles. The van der Waals surface area contributed by atoms with Crippen LogP contribution in [0.3, 0.4) is 0 Å². The van der Waals surface area contributed by atoms with Crippen LogP contribution in [0.2, 0.25) is 10.0 Å². The second-order valence-electron chi connectivity index (χ2n) is 16.4. The fourth-order valence-electron chi connectivity index (χ4n) is 8.73. The number of esters is 1. The van der Waals surface area contributed by atoms with E-state index in [0.29, 0.717) is 40.7 Å². The zero-order valence-corrected chi connectivity index (χ0v) is 37.4. The summed E-state index contributed by atoms with van der Waals surface area (Å²) >= 11 is 12.7. The number of aromatic nitrogens is 2. The van der Waals surface area contributed by atoms with E-state index in [1.807, 2.05) is 98.1 Å². The highest BCUT2D eigenvalue weighted by atomic mass is 35.5. The van der Waals surface area contributed by atoms with Crippen LogP contribution < -0.4 is 9.47 Å². The van der Waals surface area contributed by atoms with E-state index in [-0.39, 0.29) is 11.5 Å². The van der Waals surface area contributed by atoms with E-state index < -0.39 is 5.97 Å². The summed E-state index contributed by atoms with van der Waals surface area (Å²) in [4.78, 5) is 23.7. The molecule has 1 N–H and O–H groups in total. The van der Waals surface area contributed by atoms with Gasteiger partial charge >= 0.3 is 11.9 Å². The van der Waals surface area contributed by atoms with E-state index >= 15 is 0 Å². The van der Waals surface area contributed by atoms with Gasteiger partial charge in [0.1, 0.15) is 11.5 Å². The third-order valence-electron chi connectivity index (χ3n) is 12.0. The van der Waals surface area contributed by atoms with E-state index in [1.165, 1.54) is 64.2 Å². The predicted molar refractivity (Wildman–Crippen MR) is 249 cm³/mol. The van der Waals surface area contributed by atoms with Crippen LogP contribution in [0.15, 0.2) is 109 Å². The zero-order valence-electron chi connectivity index (χ0n) is 35.9. The van der Waals surface area contributed by atoms with E-state index in [1.54, 1.807) is 24.3 Å². The summed E-state index contributed by atoms with van der Waals surface area (Å²) < 4.78 is 22.0. The van der Waals surface area contributed by atoms with Crippen LogP contribution in [0.25, 0.3) is 33.9 Å². The van der Waals surface area contributed by atoms with Gasteiger partial charge < -0.3 is 28.5 Å². The molecule has 62 heavy (non-hydrogen) atoms. The van der Waals surface area contributed by atoms with Gasteiger partial charge in [-0.15, -0.1) is 0 Å². The Morgan fingerprint density at radius 3 is 1.50 bits per heavy atom. The van der Waals surface area contributed by atoms with Crippen molar-refractivity contribution >= 4 is 35.1 Å². The summed E-state index contributed by atoms with van der Waals surface area (Å²) in [5, 5.41) is 10.7. The number of ether oxygens (including phenoxy) is 3. The lowest BCUT2D eigenvalue weighted by molar-refractivity contribution is 0.0525. The van der Waals surface area contributed by atoms with Gasteiger partial charge in [0.25, 0.3) is 0 Å². The number of hydrogen-bond acceptors (Lipinski definition) is 5. The van der Waals surface area contributed by atoms with Gasteiger partial charge in [-0.05, 0) is 155 Å². The molecule has 0 spiro atoms. The first kappa shape index (κ1) is 44.6. The Hall–Kier alpha value is -5.44. The highest BCUT2D eigenvalue weighted by Gasteiger charge is 2.21. The third-order valence-corrected chi connectivity index (χ3v) is 12.4. The van der Waals surface area contributed by atoms with E-state index in [2.05, 4.69) is 16.7 Å². The van der Waals surface area contributed by atoms with Crippen LogP contribution in [-0.4, -0.2) is 46.0 Å². The molecule has 6 aromatic rings. The summed E-state index contributed by atoms with van der Waals surface area (Å²) in [7, 11) is 0. The quantitative estimate of drug-likeness (QED) is 0.116. The van der Waals surface area contributed by atoms with E-state index in [4.69, 9.17) is 37.4 Å². The molecule has 0 unspecified atom stereocenters. The van der Waals surface area contributed by atoms with E-state index in [9.17, 15) is 14.7 Å². The van der Waals surface area contributed by atoms with Gasteiger partial charge in [-0.2, -0.15) is 0 Å². The summed E-state index contributed by atoms with van der Waals surface area (Å²) in [5.41, 5.74) is 8.30. The minimum absolute atomic E-state index is 0.256. The topological polar surface area (TPSA) is 91.9 Å². The normalized spacial score (nSPS) is 14.5. The third kappa shape index (κ3) is 10.9. The largest absolute Gasteiger partial charge is 0.493 e. The smallest absolute Gasteiger partial charge is 0.338 e. The maximum atomic E-state index is 12.3. The molecule has 0 aliphatic heterocycles. The Balaban J connectivity index is 0.000000187. The van der Waals surface area contributed by atoms with Crippen LogP contribution in [0, 0.1) is 25.7 Å².